The second-order valence-electron chi connectivity index (χ2n) is 6.26. The molecule has 0 spiro atoms. The van der Waals surface area contributed by atoms with Gasteiger partial charge in [-0.2, -0.15) is 5.26 Å². The van der Waals surface area contributed by atoms with Gasteiger partial charge in [-0.25, -0.2) is 4.98 Å². The molecule has 0 amide bonds. The molecule has 1 aromatic heterocycles. The minimum absolute atomic E-state index is 0.510. The zero-order chi connectivity index (χ0) is 18.6. The van der Waals surface area contributed by atoms with Crippen LogP contribution in [0.1, 0.15) is 11.4 Å². The highest BCUT2D eigenvalue weighted by molar-refractivity contribution is 5.90. The quantitative estimate of drug-likeness (QED) is 0.502. The van der Waals surface area contributed by atoms with Crippen LogP contribution in [0.5, 0.6) is 0 Å². The molecule has 4 aromatic rings. The second-order valence-corrected chi connectivity index (χ2v) is 6.26. The number of nitrogens with zero attached hydrogens (tertiary/aromatic N) is 3. The lowest BCUT2D eigenvalue weighted by atomic mass is 10.1. The molecular weight excluding hydrogens is 332 g/mol. The van der Waals surface area contributed by atoms with Crippen molar-refractivity contribution < 1.29 is 0 Å². The van der Waals surface area contributed by atoms with Gasteiger partial charge in [-0.05, 0) is 48.0 Å². The topological polar surface area (TPSA) is 55.7 Å². The van der Waals surface area contributed by atoms with Crippen LogP contribution in [0.25, 0.3) is 22.7 Å². The number of nitriles is 1. The third-order valence-corrected chi connectivity index (χ3v) is 4.50. The van der Waals surface area contributed by atoms with E-state index in [0.29, 0.717) is 11.4 Å². The van der Waals surface area contributed by atoms with Gasteiger partial charge in [0.2, 0.25) is 0 Å². The first-order chi connectivity index (χ1) is 13.2. The Morgan fingerprint density at radius 2 is 1.59 bits per heavy atom. The molecule has 3 aromatic carbocycles. The van der Waals surface area contributed by atoms with Crippen molar-refractivity contribution in [2.75, 3.05) is 11.9 Å². The number of benzene rings is 3. The number of hydrogen-bond acceptors (Lipinski definition) is 3. The molecular formula is C23H18N4. The lowest BCUT2D eigenvalue weighted by molar-refractivity contribution is 1.21. The first kappa shape index (κ1) is 16.6. The van der Waals surface area contributed by atoms with Crippen molar-refractivity contribution in [2.24, 2.45) is 0 Å². The van der Waals surface area contributed by atoms with Gasteiger partial charge in [0.15, 0.2) is 0 Å². The van der Waals surface area contributed by atoms with Crippen LogP contribution in [0.2, 0.25) is 0 Å². The summed E-state index contributed by atoms with van der Waals surface area (Å²) in [6, 6.07) is 28.3. The van der Waals surface area contributed by atoms with Gasteiger partial charge in [0.25, 0.3) is 0 Å². The molecule has 4 heteroatoms. The van der Waals surface area contributed by atoms with Crippen molar-refractivity contribution in [3.63, 3.8) is 0 Å². The van der Waals surface area contributed by atoms with E-state index in [0.717, 1.165) is 28.0 Å². The average molecular weight is 350 g/mol. The van der Waals surface area contributed by atoms with Crippen LogP contribution in [0.4, 0.5) is 11.4 Å². The van der Waals surface area contributed by atoms with E-state index in [-0.39, 0.29) is 0 Å². The van der Waals surface area contributed by atoms with Gasteiger partial charge in [0, 0.05) is 18.4 Å². The molecule has 4 nitrogen and oxygen atoms in total. The van der Waals surface area contributed by atoms with Gasteiger partial charge in [-0.3, -0.25) is 0 Å². The van der Waals surface area contributed by atoms with Crippen molar-refractivity contribution >= 4 is 34.1 Å². The highest BCUT2D eigenvalue weighted by Crippen LogP contribution is 2.25. The van der Waals surface area contributed by atoms with Crippen molar-refractivity contribution in [3.8, 4) is 6.07 Å². The van der Waals surface area contributed by atoms with E-state index in [9.17, 15) is 5.26 Å². The third-order valence-electron chi connectivity index (χ3n) is 4.50. The minimum Gasteiger partial charge on any atom is -0.345 e. The predicted octanol–water partition coefficient (Wildman–Crippen LogP) is 5.39. The summed E-state index contributed by atoms with van der Waals surface area (Å²) < 4.78 is 0. The molecule has 0 aliphatic rings. The molecule has 4 rings (SSSR count). The fourth-order valence-corrected chi connectivity index (χ4v) is 3.00. The summed E-state index contributed by atoms with van der Waals surface area (Å²) >= 11 is 0. The fraction of sp³-hybridized carbons (Fsp3) is 0.0435. The number of hydrogen-bond donors (Lipinski definition) is 1. The summed E-state index contributed by atoms with van der Waals surface area (Å²) in [5.41, 5.74) is 5.45. The van der Waals surface area contributed by atoms with E-state index >= 15 is 0 Å². The molecule has 1 N–H and O–H groups in total. The fourth-order valence-electron chi connectivity index (χ4n) is 3.00. The zero-order valence-electron chi connectivity index (χ0n) is 14.9. The number of allylic oxidation sites excluding steroid dienone is 1. The summed E-state index contributed by atoms with van der Waals surface area (Å²) in [5, 5.41) is 9.57. The maximum Gasteiger partial charge on any atom is 0.149 e. The van der Waals surface area contributed by atoms with Gasteiger partial charge in [0.1, 0.15) is 11.9 Å². The summed E-state index contributed by atoms with van der Waals surface area (Å²) in [6.07, 6.45) is 1.85. The number of imidazole rings is 1. The lowest BCUT2D eigenvalue weighted by Gasteiger charge is -2.19. The van der Waals surface area contributed by atoms with E-state index in [1.165, 1.54) is 0 Å². The number of para-hydroxylation sites is 3. The minimum atomic E-state index is 0.510. The second kappa shape index (κ2) is 7.19. The molecule has 0 aliphatic carbocycles. The molecule has 27 heavy (non-hydrogen) atoms. The van der Waals surface area contributed by atoms with Crippen LogP contribution in [0.3, 0.4) is 0 Å². The molecule has 0 unspecified atom stereocenters. The standard InChI is InChI=1S/C23H18N4/c1-27(19-7-3-2-4-8-19)20-13-11-17(12-14-20)15-18(16-24)23-25-21-9-5-6-10-22(21)26-23/h2-15H,1H3,(H,25,26). The Bertz CT molecular complexity index is 1100. The number of fused-ring (bicyclic) bond motifs is 1. The number of anilines is 2. The van der Waals surface area contributed by atoms with Crippen LogP contribution in [0, 0.1) is 11.3 Å². The van der Waals surface area contributed by atoms with Crippen LogP contribution in [-0.4, -0.2) is 17.0 Å². The first-order valence-corrected chi connectivity index (χ1v) is 8.70. The van der Waals surface area contributed by atoms with E-state index in [2.05, 4.69) is 33.1 Å². The molecule has 1 heterocycles. The zero-order valence-corrected chi connectivity index (χ0v) is 14.9. The number of aromatic amines is 1. The molecule has 0 saturated heterocycles. The van der Waals surface area contributed by atoms with Crippen molar-refractivity contribution in [3.05, 3.63) is 90.3 Å². The summed E-state index contributed by atoms with van der Waals surface area (Å²) in [7, 11) is 2.04. The SMILES string of the molecule is CN(c1ccccc1)c1ccc(C=C(C#N)c2nc3ccccc3[nH]2)cc1. The molecule has 0 saturated carbocycles. The number of rotatable bonds is 4. The average Bonchev–Trinajstić information content (AvgIpc) is 3.16. The molecule has 0 fully saturated rings. The van der Waals surface area contributed by atoms with Gasteiger partial charge >= 0.3 is 0 Å². The Kier molecular flexibility index (Phi) is 4.42. The maximum atomic E-state index is 9.57. The maximum absolute atomic E-state index is 9.57. The Morgan fingerprint density at radius 1 is 0.926 bits per heavy atom. The van der Waals surface area contributed by atoms with Gasteiger partial charge in [-0.1, -0.05) is 42.5 Å². The smallest absolute Gasteiger partial charge is 0.149 e. The number of nitrogens with one attached hydrogen (secondary N) is 1. The van der Waals surface area contributed by atoms with Crippen LogP contribution < -0.4 is 4.90 Å². The summed E-state index contributed by atoms with van der Waals surface area (Å²) in [5.74, 6) is 0.587. The molecule has 0 atom stereocenters. The van der Waals surface area contributed by atoms with Crippen LogP contribution in [0.15, 0.2) is 78.9 Å². The molecule has 0 bridgehead atoms. The summed E-state index contributed by atoms with van der Waals surface area (Å²) in [6.45, 7) is 0. The highest BCUT2D eigenvalue weighted by atomic mass is 15.1. The van der Waals surface area contributed by atoms with Crippen molar-refractivity contribution in [2.45, 2.75) is 0 Å². The predicted molar refractivity (Wildman–Crippen MR) is 111 cm³/mol. The number of H-pyrrole nitrogens is 1. The molecule has 0 radical (unpaired) electrons. The van der Waals surface area contributed by atoms with E-state index in [4.69, 9.17) is 0 Å². The van der Waals surface area contributed by atoms with Crippen LogP contribution >= 0.6 is 0 Å². The highest BCUT2D eigenvalue weighted by Gasteiger charge is 2.08. The van der Waals surface area contributed by atoms with Crippen LogP contribution in [-0.2, 0) is 0 Å². The summed E-state index contributed by atoms with van der Waals surface area (Å²) in [4.78, 5) is 9.84. The Hall–Kier alpha value is -3.84. The van der Waals surface area contributed by atoms with Gasteiger partial charge < -0.3 is 9.88 Å². The molecule has 0 aliphatic heterocycles. The van der Waals surface area contributed by atoms with E-state index in [1.54, 1.807) is 0 Å². The Balaban J connectivity index is 1.62. The lowest BCUT2D eigenvalue weighted by Crippen LogP contribution is -2.08. The number of aromatic nitrogens is 2. The third kappa shape index (κ3) is 3.44. The Morgan fingerprint density at radius 3 is 2.30 bits per heavy atom. The monoisotopic (exact) mass is 350 g/mol. The van der Waals surface area contributed by atoms with Gasteiger partial charge in [-0.15, -0.1) is 0 Å². The largest absolute Gasteiger partial charge is 0.345 e. The normalized spacial score (nSPS) is 11.3. The van der Waals surface area contributed by atoms with Gasteiger partial charge in [0.05, 0.1) is 16.6 Å². The first-order valence-electron chi connectivity index (χ1n) is 8.70. The Labute approximate surface area is 158 Å². The molecule has 130 valence electrons. The van der Waals surface area contributed by atoms with E-state index < -0.39 is 0 Å². The van der Waals surface area contributed by atoms with E-state index in [1.807, 2.05) is 79.9 Å². The van der Waals surface area contributed by atoms with Crippen molar-refractivity contribution in [1.29, 1.82) is 5.26 Å². The van der Waals surface area contributed by atoms with Crippen molar-refractivity contribution in [1.82, 2.24) is 9.97 Å².